The van der Waals surface area contributed by atoms with Crippen LogP contribution in [-0.4, -0.2) is 11.7 Å². The Morgan fingerprint density at radius 2 is 1.47 bits per heavy atom. The third-order valence-corrected chi connectivity index (χ3v) is 3.35. The highest BCUT2D eigenvalue weighted by molar-refractivity contribution is 4.73. The van der Waals surface area contributed by atoms with Crippen LogP contribution < -0.4 is 0 Å². The predicted molar refractivity (Wildman–Crippen MR) is 68.0 cm³/mol. The maximum absolute atomic E-state index is 9.30. The summed E-state index contributed by atoms with van der Waals surface area (Å²) in [6.07, 6.45) is 9.26. The van der Waals surface area contributed by atoms with E-state index in [4.69, 9.17) is 0 Å². The van der Waals surface area contributed by atoms with E-state index in [0.717, 1.165) is 0 Å². The number of rotatable bonds is 8. The number of hydrogen-bond donors (Lipinski definition) is 1. The lowest BCUT2D eigenvalue weighted by molar-refractivity contribution is 0.120. The first kappa shape index (κ1) is 15.0. The summed E-state index contributed by atoms with van der Waals surface area (Å²) in [7, 11) is 0. The van der Waals surface area contributed by atoms with E-state index in [9.17, 15) is 5.11 Å². The van der Waals surface area contributed by atoms with Crippen LogP contribution in [0.15, 0.2) is 0 Å². The Labute approximate surface area is 96.3 Å². The van der Waals surface area contributed by atoms with Crippen LogP contribution in [0.2, 0.25) is 0 Å². The summed E-state index contributed by atoms with van der Waals surface area (Å²) in [5.74, 6) is 0.476. The summed E-state index contributed by atoms with van der Waals surface area (Å²) in [6.45, 7) is 9.28. The number of hydrogen-bond acceptors (Lipinski definition) is 1. The van der Waals surface area contributed by atoms with Gasteiger partial charge in [-0.1, -0.05) is 66.2 Å². The molecule has 1 N–H and O–H groups in total. The second kappa shape index (κ2) is 8.15. The molecule has 0 saturated heterocycles. The van der Waals surface area contributed by atoms with Crippen LogP contribution in [0.5, 0.6) is 0 Å². The molecule has 0 fully saturated rings. The second-order valence-electron chi connectivity index (χ2n) is 5.80. The van der Waals surface area contributed by atoms with E-state index in [-0.39, 0.29) is 5.41 Å². The van der Waals surface area contributed by atoms with Crippen LogP contribution in [0.3, 0.4) is 0 Å². The quantitative estimate of drug-likeness (QED) is 0.594. The smallest absolute Gasteiger partial charge is 0.0464 e. The van der Waals surface area contributed by atoms with Gasteiger partial charge in [0.25, 0.3) is 0 Å². The van der Waals surface area contributed by atoms with E-state index in [0.29, 0.717) is 12.5 Å². The van der Waals surface area contributed by atoms with Crippen LogP contribution in [0.1, 0.15) is 72.6 Å². The molecule has 0 aliphatic rings. The molecule has 0 aromatic rings. The molecule has 15 heavy (non-hydrogen) atoms. The number of aliphatic hydroxyl groups excluding tert-OH is 1. The van der Waals surface area contributed by atoms with Crippen molar-refractivity contribution in [2.24, 2.45) is 11.3 Å². The first-order chi connectivity index (χ1) is 7.02. The van der Waals surface area contributed by atoms with E-state index in [1.807, 2.05) is 0 Å². The van der Waals surface area contributed by atoms with Crippen LogP contribution >= 0.6 is 0 Å². The normalized spacial score (nSPS) is 14.2. The van der Waals surface area contributed by atoms with Crippen molar-refractivity contribution in [3.05, 3.63) is 0 Å². The molecule has 0 spiro atoms. The Morgan fingerprint density at radius 1 is 0.933 bits per heavy atom. The third kappa shape index (κ3) is 7.84. The molecule has 0 aromatic heterocycles. The van der Waals surface area contributed by atoms with Crippen LogP contribution in [-0.2, 0) is 0 Å². The topological polar surface area (TPSA) is 20.2 Å². The molecule has 0 aromatic carbocycles. The molecule has 1 nitrogen and oxygen atoms in total. The van der Waals surface area contributed by atoms with Crippen LogP contribution in [0.25, 0.3) is 0 Å². The van der Waals surface area contributed by atoms with Gasteiger partial charge >= 0.3 is 0 Å². The fourth-order valence-corrected chi connectivity index (χ4v) is 1.97. The molecule has 0 saturated carbocycles. The Bertz CT molecular complexity index is 135. The highest BCUT2D eigenvalue weighted by Crippen LogP contribution is 2.29. The second-order valence-corrected chi connectivity index (χ2v) is 5.80. The van der Waals surface area contributed by atoms with Gasteiger partial charge in [0.15, 0.2) is 0 Å². The lowest BCUT2D eigenvalue weighted by atomic mass is 9.78. The molecule has 92 valence electrons. The molecule has 1 atom stereocenters. The van der Waals surface area contributed by atoms with Gasteiger partial charge in [-0.15, -0.1) is 0 Å². The van der Waals surface area contributed by atoms with E-state index < -0.39 is 0 Å². The van der Waals surface area contributed by atoms with E-state index in [2.05, 4.69) is 27.7 Å². The Hall–Kier alpha value is -0.0400. The van der Waals surface area contributed by atoms with Gasteiger partial charge in [0, 0.05) is 6.61 Å². The van der Waals surface area contributed by atoms with Gasteiger partial charge in [-0.2, -0.15) is 0 Å². The third-order valence-electron chi connectivity index (χ3n) is 3.35. The molecule has 0 heterocycles. The van der Waals surface area contributed by atoms with Crippen LogP contribution in [0.4, 0.5) is 0 Å². The van der Waals surface area contributed by atoms with Crippen molar-refractivity contribution in [2.45, 2.75) is 72.6 Å². The number of aliphatic hydroxyl groups is 1. The molecule has 0 aliphatic carbocycles. The van der Waals surface area contributed by atoms with E-state index in [1.165, 1.54) is 44.9 Å². The maximum atomic E-state index is 9.30. The van der Waals surface area contributed by atoms with Crippen LogP contribution in [0, 0.1) is 11.3 Å². The molecule has 1 heteroatoms. The Balaban J connectivity index is 3.48. The largest absolute Gasteiger partial charge is 0.396 e. The molecular formula is C14H30O. The summed E-state index contributed by atoms with van der Waals surface area (Å²) >= 11 is 0. The van der Waals surface area contributed by atoms with Gasteiger partial charge < -0.3 is 5.11 Å². The zero-order valence-corrected chi connectivity index (χ0v) is 11.2. The summed E-state index contributed by atoms with van der Waals surface area (Å²) in [5.41, 5.74) is 0.262. The average Bonchev–Trinajstić information content (AvgIpc) is 2.15. The number of unbranched alkanes of at least 4 members (excludes halogenated alkanes) is 5. The lowest BCUT2D eigenvalue weighted by Gasteiger charge is -2.29. The van der Waals surface area contributed by atoms with Gasteiger partial charge in [-0.3, -0.25) is 0 Å². The summed E-state index contributed by atoms with van der Waals surface area (Å²) in [6, 6.07) is 0. The van der Waals surface area contributed by atoms with E-state index in [1.54, 1.807) is 0 Å². The molecule has 0 aliphatic heterocycles. The average molecular weight is 214 g/mol. The molecule has 0 radical (unpaired) electrons. The minimum atomic E-state index is 0.262. The Kier molecular flexibility index (Phi) is 8.13. The van der Waals surface area contributed by atoms with Crippen molar-refractivity contribution in [1.82, 2.24) is 0 Å². The molecule has 1 unspecified atom stereocenters. The van der Waals surface area contributed by atoms with Crippen molar-refractivity contribution in [1.29, 1.82) is 0 Å². The van der Waals surface area contributed by atoms with Gasteiger partial charge in [-0.05, 0) is 17.8 Å². The fourth-order valence-electron chi connectivity index (χ4n) is 1.97. The van der Waals surface area contributed by atoms with Gasteiger partial charge in [0.05, 0.1) is 0 Å². The summed E-state index contributed by atoms with van der Waals surface area (Å²) < 4.78 is 0. The van der Waals surface area contributed by atoms with Gasteiger partial charge in [0.1, 0.15) is 0 Å². The zero-order chi connectivity index (χ0) is 11.7. The van der Waals surface area contributed by atoms with Crippen molar-refractivity contribution in [3.8, 4) is 0 Å². The molecular weight excluding hydrogens is 184 g/mol. The minimum Gasteiger partial charge on any atom is -0.396 e. The highest BCUT2D eigenvalue weighted by Gasteiger charge is 2.22. The summed E-state index contributed by atoms with van der Waals surface area (Å²) in [5, 5.41) is 9.30. The lowest BCUT2D eigenvalue weighted by Crippen LogP contribution is -2.23. The SMILES string of the molecule is CCCCCCCCC(CO)C(C)(C)C. The fraction of sp³-hybridized carbons (Fsp3) is 1.00. The Morgan fingerprint density at radius 3 is 1.93 bits per heavy atom. The van der Waals surface area contributed by atoms with Crippen molar-refractivity contribution in [3.63, 3.8) is 0 Å². The molecule has 0 rings (SSSR count). The van der Waals surface area contributed by atoms with Crippen molar-refractivity contribution >= 4 is 0 Å². The van der Waals surface area contributed by atoms with Crippen molar-refractivity contribution in [2.75, 3.05) is 6.61 Å². The van der Waals surface area contributed by atoms with E-state index >= 15 is 0 Å². The summed E-state index contributed by atoms with van der Waals surface area (Å²) in [4.78, 5) is 0. The first-order valence-electron chi connectivity index (χ1n) is 6.63. The van der Waals surface area contributed by atoms with Crippen molar-refractivity contribution < 1.29 is 5.11 Å². The minimum absolute atomic E-state index is 0.262. The monoisotopic (exact) mass is 214 g/mol. The predicted octanol–water partition coefficient (Wildman–Crippen LogP) is 4.39. The highest BCUT2D eigenvalue weighted by atomic mass is 16.3. The molecule has 0 bridgehead atoms. The maximum Gasteiger partial charge on any atom is 0.0464 e. The zero-order valence-electron chi connectivity index (χ0n) is 11.2. The standard InChI is InChI=1S/C14H30O/c1-5-6-7-8-9-10-11-13(12-15)14(2,3)4/h13,15H,5-12H2,1-4H3. The van der Waals surface area contributed by atoms with Gasteiger partial charge in [-0.25, -0.2) is 0 Å². The molecule has 0 amide bonds. The first-order valence-corrected chi connectivity index (χ1v) is 6.63. The van der Waals surface area contributed by atoms with Gasteiger partial charge in [0.2, 0.25) is 0 Å².